The maximum absolute atomic E-state index is 10.1. The first-order valence-corrected chi connectivity index (χ1v) is 4.14. The molecule has 0 aliphatic carbocycles. The number of carbonyl (C=O) groups excluding carboxylic acids is 1. The van der Waals surface area contributed by atoms with Crippen molar-refractivity contribution in [2.75, 3.05) is 12.8 Å². The molecule has 0 radical (unpaired) electrons. The Bertz CT molecular complexity index is 388. The normalized spacial score (nSPS) is 8.64. The lowest BCUT2D eigenvalue weighted by Crippen LogP contribution is -1.91. The molecule has 0 spiro atoms. The standard InChI is InChI=1S/C11H11NO2/c1-14-11-6-5-10(12)8-9(11)4-2-3-7-13/h5-8H,3,12H2,1H3. The van der Waals surface area contributed by atoms with Crippen LogP contribution >= 0.6 is 0 Å². The number of ether oxygens (including phenoxy) is 1. The molecule has 3 nitrogen and oxygen atoms in total. The van der Waals surface area contributed by atoms with Crippen molar-refractivity contribution >= 4 is 12.0 Å². The number of carbonyl (C=O) groups is 1. The average Bonchev–Trinajstić information content (AvgIpc) is 2.19. The van der Waals surface area contributed by atoms with Gasteiger partial charge in [-0.2, -0.15) is 0 Å². The van der Waals surface area contributed by atoms with E-state index in [4.69, 9.17) is 10.5 Å². The zero-order valence-electron chi connectivity index (χ0n) is 7.91. The number of methoxy groups -OCH3 is 1. The number of benzene rings is 1. The maximum atomic E-state index is 10.1. The molecule has 0 amide bonds. The zero-order chi connectivity index (χ0) is 10.4. The molecule has 0 unspecified atom stereocenters. The van der Waals surface area contributed by atoms with Gasteiger partial charge in [0.1, 0.15) is 12.0 Å². The summed E-state index contributed by atoms with van der Waals surface area (Å²) in [6, 6.07) is 5.21. The van der Waals surface area contributed by atoms with Crippen molar-refractivity contribution in [3.8, 4) is 17.6 Å². The van der Waals surface area contributed by atoms with E-state index in [0.29, 0.717) is 17.0 Å². The zero-order valence-corrected chi connectivity index (χ0v) is 7.91. The number of nitrogen functional groups attached to an aromatic ring is 1. The van der Waals surface area contributed by atoms with Crippen molar-refractivity contribution in [3.63, 3.8) is 0 Å². The first kappa shape index (κ1) is 10.1. The van der Waals surface area contributed by atoms with Crippen molar-refractivity contribution in [2.24, 2.45) is 0 Å². The number of hydrogen-bond acceptors (Lipinski definition) is 3. The minimum absolute atomic E-state index is 0.220. The molecule has 0 aliphatic heterocycles. The molecule has 72 valence electrons. The molecule has 3 heteroatoms. The highest BCUT2D eigenvalue weighted by Crippen LogP contribution is 2.19. The predicted octanol–water partition coefficient (Wildman–Crippen LogP) is 1.22. The summed E-state index contributed by atoms with van der Waals surface area (Å²) in [5, 5.41) is 0. The maximum Gasteiger partial charge on any atom is 0.134 e. The van der Waals surface area contributed by atoms with Crippen molar-refractivity contribution in [3.05, 3.63) is 23.8 Å². The first-order valence-electron chi connectivity index (χ1n) is 4.14. The molecule has 0 fully saturated rings. The molecule has 0 bridgehead atoms. The van der Waals surface area contributed by atoms with Crippen molar-refractivity contribution in [1.82, 2.24) is 0 Å². The minimum atomic E-state index is 0.220. The Morgan fingerprint density at radius 1 is 1.57 bits per heavy atom. The van der Waals surface area contributed by atoms with Gasteiger partial charge in [0.05, 0.1) is 19.1 Å². The molecule has 1 aromatic rings. The molecule has 0 saturated heterocycles. The van der Waals surface area contributed by atoms with Crippen LogP contribution in [0.3, 0.4) is 0 Å². The SMILES string of the molecule is COc1ccc(N)cc1C#CCC=O. The molecule has 14 heavy (non-hydrogen) atoms. The van der Waals surface area contributed by atoms with E-state index in [1.54, 1.807) is 25.3 Å². The fourth-order valence-corrected chi connectivity index (χ4v) is 1.01. The molecule has 0 aliphatic rings. The van der Waals surface area contributed by atoms with E-state index >= 15 is 0 Å². The number of anilines is 1. The van der Waals surface area contributed by atoms with E-state index in [-0.39, 0.29) is 6.42 Å². The van der Waals surface area contributed by atoms with Crippen molar-refractivity contribution in [2.45, 2.75) is 6.42 Å². The van der Waals surface area contributed by atoms with E-state index in [0.717, 1.165) is 6.29 Å². The molecule has 0 heterocycles. The third-order valence-electron chi connectivity index (χ3n) is 1.63. The van der Waals surface area contributed by atoms with Crippen LogP contribution in [0.2, 0.25) is 0 Å². The molecule has 2 N–H and O–H groups in total. The molecule has 1 rings (SSSR count). The fraction of sp³-hybridized carbons (Fsp3) is 0.182. The monoisotopic (exact) mass is 189 g/mol. The Kier molecular flexibility index (Phi) is 3.57. The van der Waals surface area contributed by atoms with Gasteiger partial charge in [-0.15, -0.1) is 0 Å². The van der Waals surface area contributed by atoms with Crippen molar-refractivity contribution < 1.29 is 9.53 Å². The average molecular weight is 189 g/mol. The van der Waals surface area contributed by atoms with Gasteiger partial charge >= 0.3 is 0 Å². The third-order valence-corrected chi connectivity index (χ3v) is 1.63. The second kappa shape index (κ2) is 4.93. The van der Waals surface area contributed by atoms with Crippen LogP contribution in [0.25, 0.3) is 0 Å². The lowest BCUT2D eigenvalue weighted by atomic mass is 10.2. The van der Waals surface area contributed by atoms with E-state index in [1.807, 2.05) is 0 Å². The first-order chi connectivity index (χ1) is 6.77. The van der Waals surface area contributed by atoms with Crippen LogP contribution in [-0.4, -0.2) is 13.4 Å². The largest absolute Gasteiger partial charge is 0.495 e. The molecule has 0 aromatic heterocycles. The highest BCUT2D eigenvalue weighted by molar-refractivity contribution is 5.58. The molecule has 0 saturated carbocycles. The molecule has 1 aromatic carbocycles. The van der Waals surface area contributed by atoms with Gasteiger partial charge in [-0.1, -0.05) is 11.8 Å². The van der Waals surface area contributed by atoms with E-state index in [9.17, 15) is 4.79 Å². The summed E-state index contributed by atoms with van der Waals surface area (Å²) in [6.45, 7) is 0. The second-order valence-electron chi connectivity index (χ2n) is 2.63. The Labute approximate surface area is 82.9 Å². The number of nitrogens with two attached hydrogens (primary N) is 1. The van der Waals surface area contributed by atoms with Gasteiger partial charge in [0.2, 0.25) is 0 Å². The smallest absolute Gasteiger partial charge is 0.134 e. The fourth-order valence-electron chi connectivity index (χ4n) is 1.01. The van der Waals surface area contributed by atoms with Crippen LogP contribution in [0.15, 0.2) is 18.2 Å². The lowest BCUT2D eigenvalue weighted by Gasteiger charge is -2.03. The summed E-state index contributed by atoms with van der Waals surface area (Å²) in [7, 11) is 1.57. The predicted molar refractivity (Wildman–Crippen MR) is 55.0 cm³/mol. The molecular weight excluding hydrogens is 178 g/mol. The van der Waals surface area contributed by atoms with Crippen LogP contribution in [-0.2, 0) is 4.79 Å². The van der Waals surface area contributed by atoms with E-state index < -0.39 is 0 Å². The number of rotatable bonds is 2. The van der Waals surface area contributed by atoms with Gasteiger partial charge in [0.15, 0.2) is 0 Å². The van der Waals surface area contributed by atoms with E-state index in [2.05, 4.69) is 11.8 Å². The Hall–Kier alpha value is -1.95. The lowest BCUT2D eigenvalue weighted by molar-refractivity contribution is -0.107. The van der Waals surface area contributed by atoms with E-state index in [1.165, 1.54) is 0 Å². The Morgan fingerprint density at radius 3 is 3.00 bits per heavy atom. The quantitative estimate of drug-likeness (QED) is 0.432. The summed E-state index contributed by atoms with van der Waals surface area (Å²) in [4.78, 5) is 10.1. The summed E-state index contributed by atoms with van der Waals surface area (Å²) >= 11 is 0. The van der Waals surface area contributed by atoms with Crippen molar-refractivity contribution in [1.29, 1.82) is 0 Å². The van der Waals surface area contributed by atoms with Crippen LogP contribution < -0.4 is 10.5 Å². The highest BCUT2D eigenvalue weighted by Gasteiger charge is 1.98. The summed E-state index contributed by atoms with van der Waals surface area (Å²) < 4.78 is 5.08. The van der Waals surface area contributed by atoms with Crippen LogP contribution in [0.4, 0.5) is 5.69 Å². The minimum Gasteiger partial charge on any atom is -0.495 e. The van der Waals surface area contributed by atoms with Gasteiger partial charge in [-0.05, 0) is 18.2 Å². The Balaban J connectivity index is 3.00. The second-order valence-corrected chi connectivity index (χ2v) is 2.63. The van der Waals surface area contributed by atoms with Gasteiger partial charge in [0.25, 0.3) is 0 Å². The van der Waals surface area contributed by atoms with Crippen LogP contribution in [0, 0.1) is 11.8 Å². The van der Waals surface area contributed by atoms with Crippen LogP contribution in [0.5, 0.6) is 5.75 Å². The van der Waals surface area contributed by atoms with Gasteiger partial charge < -0.3 is 15.3 Å². The van der Waals surface area contributed by atoms with Gasteiger partial charge in [0, 0.05) is 5.69 Å². The van der Waals surface area contributed by atoms with Crippen LogP contribution in [0.1, 0.15) is 12.0 Å². The third kappa shape index (κ3) is 2.53. The topological polar surface area (TPSA) is 52.3 Å². The number of hydrogen-bond donors (Lipinski definition) is 1. The molecular formula is C11H11NO2. The van der Waals surface area contributed by atoms with Gasteiger partial charge in [-0.3, -0.25) is 0 Å². The number of aldehydes is 1. The Morgan fingerprint density at radius 2 is 2.36 bits per heavy atom. The summed E-state index contributed by atoms with van der Waals surface area (Å²) in [5.74, 6) is 6.18. The highest BCUT2D eigenvalue weighted by atomic mass is 16.5. The van der Waals surface area contributed by atoms with Gasteiger partial charge in [-0.25, -0.2) is 0 Å². The summed E-state index contributed by atoms with van der Waals surface area (Å²) in [5.41, 5.74) is 6.92. The molecule has 0 atom stereocenters. The summed E-state index contributed by atoms with van der Waals surface area (Å²) in [6.07, 6.45) is 0.976.